The van der Waals surface area contributed by atoms with Gasteiger partial charge in [-0.05, 0) is 48.9 Å². The summed E-state index contributed by atoms with van der Waals surface area (Å²) in [6.45, 7) is 1.68. The molecule has 0 amide bonds. The quantitative estimate of drug-likeness (QED) is 0.543. The Morgan fingerprint density at radius 1 is 1.07 bits per heavy atom. The maximum Gasteiger partial charge on any atom is 0.435 e. The van der Waals surface area contributed by atoms with E-state index in [0.29, 0.717) is 16.3 Å². The molecule has 28 heavy (non-hydrogen) atoms. The lowest BCUT2D eigenvalue weighted by Crippen LogP contribution is -2.07. The molecular weight excluding hydrogens is 420 g/mol. The first-order valence-corrected chi connectivity index (χ1v) is 10.1. The summed E-state index contributed by atoms with van der Waals surface area (Å²) in [7, 11) is -3.82. The van der Waals surface area contributed by atoms with Gasteiger partial charge in [-0.1, -0.05) is 17.7 Å². The molecule has 3 rings (SSSR count). The Bertz CT molecular complexity index is 1170. The van der Waals surface area contributed by atoms with E-state index in [9.17, 15) is 26.0 Å². The molecule has 4 nitrogen and oxygen atoms in total. The number of halogens is 5. The van der Waals surface area contributed by atoms with Gasteiger partial charge in [0.15, 0.2) is 15.5 Å². The maximum absolute atomic E-state index is 14.3. The first kappa shape index (κ1) is 20.3. The van der Waals surface area contributed by atoms with Crippen molar-refractivity contribution in [3.05, 3.63) is 64.6 Å². The number of hydrogen-bond acceptors (Lipinski definition) is 3. The average molecular weight is 433 g/mol. The summed E-state index contributed by atoms with van der Waals surface area (Å²) in [5.41, 5.74) is -0.260. The Morgan fingerprint density at radius 2 is 1.75 bits per heavy atom. The van der Waals surface area contributed by atoms with E-state index in [1.165, 1.54) is 18.2 Å². The van der Waals surface area contributed by atoms with Gasteiger partial charge >= 0.3 is 6.18 Å². The highest BCUT2D eigenvalue weighted by Gasteiger charge is 2.35. The zero-order valence-corrected chi connectivity index (χ0v) is 16.1. The number of benzene rings is 2. The number of rotatable bonds is 3. The van der Waals surface area contributed by atoms with Crippen LogP contribution in [0.25, 0.3) is 16.9 Å². The van der Waals surface area contributed by atoms with E-state index in [0.717, 1.165) is 29.1 Å². The van der Waals surface area contributed by atoms with Crippen LogP contribution < -0.4 is 0 Å². The van der Waals surface area contributed by atoms with Crippen molar-refractivity contribution in [2.24, 2.45) is 0 Å². The fraction of sp³-hybridized carbons (Fsp3) is 0.167. The fourth-order valence-corrected chi connectivity index (χ4v) is 3.49. The van der Waals surface area contributed by atoms with Crippen LogP contribution in [0.15, 0.2) is 47.4 Å². The predicted octanol–water partition coefficient (Wildman–Crippen LogP) is 5.06. The summed E-state index contributed by atoms with van der Waals surface area (Å²) in [5, 5.41) is 4.04. The van der Waals surface area contributed by atoms with Crippen LogP contribution in [0.3, 0.4) is 0 Å². The summed E-state index contributed by atoms with van der Waals surface area (Å²) in [6, 6.07) is 8.42. The van der Waals surface area contributed by atoms with Crippen LogP contribution >= 0.6 is 11.6 Å². The molecule has 0 spiro atoms. The van der Waals surface area contributed by atoms with Crippen LogP contribution in [0.2, 0.25) is 5.02 Å². The Balaban J connectivity index is 2.24. The van der Waals surface area contributed by atoms with Crippen molar-refractivity contribution in [2.45, 2.75) is 18.0 Å². The molecule has 1 heterocycles. The summed E-state index contributed by atoms with van der Waals surface area (Å²) < 4.78 is 78.1. The van der Waals surface area contributed by atoms with E-state index >= 15 is 0 Å². The second-order valence-corrected chi connectivity index (χ2v) is 8.57. The maximum atomic E-state index is 14.3. The molecule has 0 aliphatic heterocycles. The monoisotopic (exact) mass is 432 g/mol. The molecular formula is C18H13ClF4N2O2S. The lowest BCUT2D eigenvalue weighted by atomic mass is 10.1. The average Bonchev–Trinajstić information content (AvgIpc) is 3.01. The summed E-state index contributed by atoms with van der Waals surface area (Å²) in [5.74, 6) is -1.06. The molecule has 0 bridgehead atoms. The number of hydrogen-bond donors (Lipinski definition) is 0. The third-order valence-corrected chi connectivity index (χ3v) is 5.57. The second kappa shape index (κ2) is 6.89. The van der Waals surface area contributed by atoms with E-state index in [-0.39, 0.29) is 11.3 Å². The van der Waals surface area contributed by atoms with Gasteiger partial charge in [0.25, 0.3) is 0 Å². The largest absolute Gasteiger partial charge is 0.435 e. The number of aryl methyl sites for hydroxylation is 1. The summed E-state index contributed by atoms with van der Waals surface area (Å²) in [4.78, 5) is -0.541. The summed E-state index contributed by atoms with van der Waals surface area (Å²) in [6.07, 6.45) is -3.87. The van der Waals surface area contributed by atoms with E-state index in [1.54, 1.807) is 13.0 Å². The van der Waals surface area contributed by atoms with Crippen molar-refractivity contribution in [2.75, 3.05) is 6.26 Å². The van der Waals surface area contributed by atoms with Crippen LogP contribution in [0.5, 0.6) is 0 Å². The number of alkyl halides is 3. The minimum absolute atomic E-state index is 0.0421. The molecule has 0 aliphatic carbocycles. The van der Waals surface area contributed by atoms with Gasteiger partial charge in [-0.3, -0.25) is 0 Å². The lowest BCUT2D eigenvalue weighted by Gasteiger charge is -2.10. The van der Waals surface area contributed by atoms with Gasteiger partial charge < -0.3 is 0 Å². The molecule has 0 radical (unpaired) electrons. The molecule has 0 atom stereocenters. The number of nitrogens with zero attached hydrogens (tertiary/aromatic N) is 2. The Morgan fingerprint density at radius 3 is 2.29 bits per heavy atom. The molecule has 0 aliphatic rings. The zero-order valence-electron chi connectivity index (χ0n) is 14.6. The molecule has 0 unspecified atom stereocenters. The summed E-state index contributed by atoms with van der Waals surface area (Å²) >= 11 is 5.97. The first-order chi connectivity index (χ1) is 12.9. The van der Waals surface area contributed by atoms with Gasteiger partial charge in [0.05, 0.1) is 11.4 Å². The third kappa shape index (κ3) is 3.90. The van der Waals surface area contributed by atoms with Crippen molar-refractivity contribution < 1.29 is 26.0 Å². The normalized spacial score (nSPS) is 12.4. The van der Waals surface area contributed by atoms with Gasteiger partial charge in [0, 0.05) is 16.8 Å². The van der Waals surface area contributed by atoms with Crippen LogP contribution in [-0.2, 0) is 16.0 Å². The van der Waals surface area contributed by atoms with Crippen molar-refractivity contribution in [1.82, 2.24) is 9.78 Å². The van der Waals surface area contributed by atoms with Crippen molar-refractivity contribution in [1.29, 1.82) is 0 Å². The topological polar surface area (TPSA) is 52.0 Å². The Hall–Kier alpha value is -2.39. The molecule has 3 aromatic rings. The minimum atomic E-state index is -4.72. The second-order valence-electron chi connectivity index (χ2n) is 6.18. The highest BCUT2D eigenvalue weighted by atomic mass is 35.5. The number of sulfone groups is 1. The smallest absolute Gasteiger partial charge is 0.232 e. The van der Waals surface area contributed by atoms with E-state index in [2.05, 4.69) is 5.10 Å². The predicted molar refractivity (Wildman–Crippen MR) is 96.8 cm³/mol. The Labute approximate surface area is 163 Å². The van der Waals surface area contributed by atoms with E-state index in [1.807, 2.05) is 0 Å². The van der Waals surface area contributed by atoms with Crippen LogP contribution in [0, 0.1) is 12.7 Å². The number of aromatic nitrogens is 2. The van der Waals surface area contributed by atoms with Crippen LogP contribution in [0.1, 0.15) is 11.3 Å². The van der Waals surface area contributed by atoms with Crippen LogP contribution in [0.4, 0.5) is 17.6 Å². The van der Waals surface area contributed by atoms with Crippen molar-refractivity contribution in [3.8, 4) is 16.9 Å². The Kier molecular flexibility index (Phi) is 5.01. The SMILES string of the molecule is Cc1cc(-n2nc(C(F)(F)F)cc2-c2ccc(S(C)(=O)=O)c(F)c2)ccc1Cl. The molecule has 1 aromatic heterocycles. The van der Waals surface area contributed by atoms with E-state index < -0.39 is 32.4 Å². The molecule has 10 heteroatoms. The first-order valence-electron chi connectivity index (χ1n) is 7.81. The molecule has 0 saturated carbocycles. The van der Waals surface area contributed by atoms with Crippen LogP contribution in [-0.4, -0.2) is 24.5 Å². The lowest BCUT2D eigenvalue weighted by molar-refractivity contribution is -0.141. The van der Waals surface area contributed by atoms with Gasteiger partial charge in [0.2, 0.25) is 0 Å². The van der Waals surface area contributed by atoms with Crippen molar-refractivity contribution in [3.63, 3.8) is 0 Å². The van der Waals surface area contributed by atoms with Gasteiger partial charge in [0.1, 0.15) is 10.7 Å². The molecule has 0 N–H and O–H groups in total. The zero-order chi connectivity index (χ0) is 20.9. The highest BCUT2D eigenvalue weighted by molar-refractivity contribution is 7.90. The fourth-order valence-electron chi connectivity index (χ4n) is 2.64. The van der Waals surface area contributed by atoms with E-state index in [4.69, 9.17) is 11.6 Å². The molecule has 148 valence electrons. The highest BCUT2D eigenvalue weighted by Crippen LogP contribution is 2.34. The van der Waals surface area contributed by atoms with Crippen molar-refractivity contribution >= 4 is 21.4 Å². The van der Waals surface area contributed by atoms with Gasteiger partial charge in [-0.25, -0.2) is 17.5 Å². The van der Waals surface area contributed by atoms with Gasteiger partial charge in [-0.2, -0.15) is 18.3 Å². The molecule has 2 aromatic carbocycles. The molecule has 0 fully saturated rings. The van der Waals surface area contributed by atoms with Gasteiger partial charge in [-0.15, -0.1) is 0 Å². The minimum Gasteiger partial charge on any atom is -0.232 e. The standard InChI is InChI=1S/C18H13ClF4N2O2S/c1-10-7-12(4-5-13(10)19)25-15(9-17(24-25)18(21,22)23)11-3-6-16(14(20)8-11)28(2,26)27/h3-9H,1-2H3. The molecule has 0 saturated heterocycles. The third-order valence-electron chi connectivity index (χ3n) is 4.01.